The summed E-state index contributed by atoms with van der Waals surface area (Å²) in [7, 11) is -1.82. The van der Waals surface area contributed by atoms with Gasteiger partial charge >= 0.3 is 0 Å². The average Bonchev–Trinajstić information content (AvgIpc) is 2.26. The highest BCUT2D eigenvalue weighted by Crippen LogP contribution is 2.60. The van der Waals surface area contributed by atoms with Crippen molar-refractivity contribution in [2.24, 2.45) is 0 Å². The molecule has 4 nitrogen and oxygen atoms in total. The molecule has 13 rings (SSSR count). The predicted octanol–water partition coefficient (Wildman–Crippen LogP) is 19.8. The fourth-order valence-electron chi connectivity index (χ4n) is 12.5. The first-order chi connectivity index (χ1) is 39.7. The molecule has 7 heteroatoms. The lowest BCUT2D eigenvalue weighted by molar-refractivity contribution is 0.590. The number of fused-ring (bicyclic) bond motifs is 6. The average molecular weight is 1100 g/mol. The number of hydrogen-bond acceptors (Lipinski definition) is 4. The molecule has 0 radical (unpaired) electrons. The molecule has 0 amide bonds. The number of rotatable bonds is 9. The van der Waals surface area contributed by atoms with Gasteiger partial charge in [-0.2, -0.15) is 10.0 Å². The third-order valence-electron chi connectivity index (χ3n) is 17.2. The van der Waals surface area contributed by atoms with Gasteiger partial charge in [-0.05, 0) is 180 Å². The van der Waals surface area contributed by atoms with Crippen molar-refractivity contribution >= 4 is 95.5 Å². The molecule has 1 aromatic heterocycles. The van der Waals surface area contributed by atoms with Crippen molar-refractivity contribution in [2.45, 2.75) is 88.3 Å². The Morgan fingerprint density at radius 2 is 0.988 bits per heavy atom. The van der Waals surface area contributed by atoms with Gasteiger partial charge in [0.05, 0.1) is 22.7 Å². The Morgan fingerprint density at radius 3 is 1.63 bits per heavy atom. The minimum atomic E-state index is -1.82. The van der Waals surface area contributed by atoms with Crippen molar-refractivity contribution in [1.29, 1.82) is 0 Å². The van der Waals surface area contributed by atoms with Crippen molar-refractivity contribution in [3.05, 3.63) is 253 Å². The highest BCUT2D eigenvalue weighted by Gasteiger charge is 2.48. The van der Waals surface area contributed by atoms with Crippen LogP contribution in [0.2, 0.25) is 0 Å². The molecule has 0 atom stereocenters. The van der Waals surface area contributed by atoms with E-state index >= 15 is 0 Å². The minimum Gasteiger partial charge on any atom is -0.468 e. The highest BCUT2D eigenvalue weighted by atomic mass is 32.3. The predicted molar refractivity (Wildman–Crippen MR) is 354 cm³/mol. The molecular formula is C76H71BFN3OS. The van der Waals surface area contributed by atoms with Crippen molar-refractivity contribution in [2.75, 3.05) is 27.2 Å². The van der Waals surface area contributed by atoms with E-state index in [0.29, 0.717) is 0 Å². The van der Waals surface area contributed by atoms with Crippen LogP contribution in [0.15, 0.2) is 245 Å². The van der Waals surface area contributed by atoms with Gasteiger partial charge in [-0.1, -0.05) is 190 Å². The largest absolute Gasteiger partial charge is 0.468 e. The number of furan rings is 1. The lowest BCUT2D eigenvalue weighted by Crippen LogP contribution is -2.61. The third kappa shape index (κ3) is 9.44. The van der Waals surface area contributed by atoms with Gasteiger partial charge < -0.3 is 19.1 Å². The number of halogens is 1. The van der Waals surface area contributed by atoms with Gasteiger partial charge in [0.15, 0.2) is 0 Å². The molecule has 0 fully saturated rings. The van der Waals surface area contributed by atoms with Crippen molar-refractivity contribution < 1.29 is 8.81 Å². The molecule has 412 valence electrons. The first kappa shape index (κ1) is 53.8. The van der Waals surface area contributed by atoms with Crippen LogP contribution in [0.4, 0.5) is 55.6 Å². The van der Waals surface area contributed by atoms with Crippen molar-refractivity contribution in [3.63, 3.8) is 0 Å². The normalized spacial score (nSPS) is 13.4. The van der Waals surface area contributed by atoms with Crippen LogP contribution < -0.4 is 31.3 Å². The Labute approximate surface area is 492 Å². The molecule has 0 saturated heterocycles. The van der Waals surface area contributed by atoms with E-state index in [1.54, 1.807) is 12.1 Å². The summed E-state index contributed by atoms with van der Waals surface area (Å²) in [4.78, 5) is 9.79. The first-order valence-corrected chi connectivity index (χ1v) is 31.5. The van der Waals surface area contributed by atoms with Crippen LogP contribution >= 0.6 is 10.0 Å². The second-order valence-corrected chi connectivity index (χ2v) is 29.6. The maximum Gasteiger partial charge on any atom is 0.297 e. The second kappa shape index (κ2) is 20.1. The van der Waals surface area contributed by atoms with Gasteiger partial charge in [0, 0.05) is 50.6 Å². The zero-order chi connectivity index (χ0) is 57.7. The van der Waals surface area contributed by atoms with Gasteiger partial charge in [-0.3, -0.25) is 0 Å². The molecule has 11 aromatic rings. The summed E-state index contributed by atoms with van der Waals surface area (Å²) in [6, 6.07) is 83.6. The number of benzene rings is 10. The zero-order valence-corrected chi connectivity index (χ0v) is 50.4. The monoisotopic (exact) mass is 1100 g/mol. The van der Waals surface area contributed by atoms with Crippen LogP contribution in [0.1, 0.15) is 79.0 Å². The maximum absolute atomic E-state index is 15.0. The van der Waals surface area contributed by atoms with Crippen molar-refractivity contribution in [3.8, 4) is 22.3 Å². The van der Waals surface area contributed by atoms with E-state index in [2.05, 4.69) is 296 Å². The van der Waals surface area contributed by atoms with Crippen LogP contribution in [0.5, 0.6) is 0 Å². The summed E-state index contributed by atoms with van der Waals surface area (Å²) in [5, 5.41) is 1.08. The van der Waals surface area contributed by atoms with Gasteiger partial charge in [0.25, 0.3) is 6.71 Å². The molecule has 0 N–H and O–H groups in total. The molecule has 10 aromatic carbocycles. The Kier molecular flexibility index (Phi) is 13.0. The van der Waals surface area contributed by atoms with E-state index in [9.17, 15) is 4.39 Å². The summed E-state index contributed by atoms with van der Waals surface area (Å²) >= 11 is 0. The third-order valence-corrected chi connectivity index (χ3v) is 20.0. The van der Waals surface area contributed by atoms with E-state index in [1.807, 2.05) is 12.1 Å². The lowest BCUT2D eigenvalue weighted by Gasteiger charge is -2.45. The lowest BCUT2D eigenvalue weighted by atomic mass is 9.35. The number of anilines is 9. The van der Waals surface area contributed by atoms with Crippen LogP contribution in [0.3, 0.4) is 0 Å². The van der Waals surface area contributed by atoms with Gasteiger partial charge in [0.2, 0.25) is 0 Å². The minimum absolute atomic E-state index is 0.0331. The van der Waals surface area contributed by atoms with Crippen LogP contribution in [-0.2, 0) is 16.2 Å². The molecule has 0 aliphatic carbocycles. The Balaban J connectivity index is 1.18. The number of nitrogens with zero attached hydrogens (tertiary/aromatic N) is 3. The second-order valence-electron chi connectivity index (χ2n) is 26.0. The number of para-hydroxylation sites is 2. The fourth-order valence-corrected chi connectivity index (χ4v) is 14.4. The summed E-state index contributed by atoms with van der Waals surface area (Å²) in [5.41, 5.74) is 21.6. The van der Waals surface area contributed by atoms with Crippen LogP contribution in [-0.4, -0.2) is 19.2 Å². The van der Waals surface area contributed by atoms with E-state index in [1.165, 1.54) is 21.6 Å². The smallest absolute Gasteiger partial charge is 0.297 e. The molecular weight excluding hydrogens is 1030 g/mol. The van der Waals surface area contributed by atoms with Gasteiger partial charge in [0.1, 0.15) is 11.4 Å². The van der Waals surface area contributed by atoms with Crippen LogP contribution in [0.25, 0.3) is 33.2 Å². The zero-order valence-electron chi connectivity index (χ0n) is 49.6. The Morgan fingerprint density at radius 1 is 0.446 bits per heavy atom. The molecule has 0 spiro atoms. The molecule has 83 heavy (non-hydrogen) atoms. The SMILES string of the molecule is CC(C)(C)c1ccc(N(c2ccc3c(c2)N(c2ccc(C(C)(C)C)cc2-c2ccccc2)c2cc(S(C)(C)c4ccc(F)cc4)cc4c2B3c2oc3ccc(C(C)(C)C)cc3c2N4c2ccccc2)c2ccccc2-c2ccccc2)cc1. The molecule has 3 heterocycles. The quantitative estimate of drug-likeness (QED) is 0.134. The van der Waals surface area contributed by atoms with Crippen molar-refractivity contribution in [1.82, 2.24) is 0 Å². The van der Waals surface area contributed by atoms with E-state index in [0.717, 1.165) is 106 Å². The van der Waals surface area contributed by atoms with Gasteiger partial charge in [-0.15, -0.1) is 0 Å². The topological polar surface area (TPSA) is 22.9 Å². The molecule has 2 aliphatic heterocycles. The van der Waals surface area contributed by atoms with E-state index in [-0.39, 0.29) is 28.8 Å². The summed E-state index contributed by atoms with van der Waals surface area (Å²) in [6.07, 6.45) is 4.71. The summed E-state index contributed by atoms with van der Waals surface area (Å²) < 4.78 is 22.5. The summed E-state index contributed by atoms with van der Waals surface area (Å²) in [5.74, 6) is -0.243. The first-order valence-electron chi connectivity index (χ1n) is 29.0. The molecule has 0 bridgehead atoms. The Hall–Kier alpha value is -8.52. The van der Waals surface area contributed by atoms with E-state index in [4.69, 9.17) is 4.42 Å². The summed E-state index contributed by atoms with van der Waals surface area (Å²) in [6.45, 7) is 20.3. The standard InChI is InChI=1S/C76H71BFN3OS/c1-74(2,3)52-31-37-57(38-32-52)79(65-30-22-21-29-61(65)50-23-15-12-16-24-50)58-39-42-64-67(47-58)81(66-43-33-53(75(4,5)6)45-62(66)51-25-17-13-18-26-51)69-49-60(83(10,11)59-40-35-55(78)36-41-59)48-68-71(69)77(64)73-72(80(68)56-27-19-14-20-28-56)63-46-54(76(7,8)9)34-44-70(63)82-73/h12-49H,1-11H3. The van der Waals surface area contributed by atoms with Crippen LogP contribution in [0, 0.1) is 5.82 Å². The van der Waals surface area contributed by atoms with E-state index < -0.39 is 10.0 Å². The molecule has 2 aliphatic rings. The van der Waals surface area contributed by atoms with Gasteiger partial charge in [-0.25, -0.2) is 4.39 Å². The Bertz CT molecular complexity index is 4250. The molecule has 0 saturated carbocycles. The molecule has 0 unspecified atom stereocenters. The highest BCUT2D eigenvalue weighted by molar-refractivity contribution is 8.32. The fraction of sp³-hybridized carbons (Fsp3) is 0.184. The number of hydrogen-bond donors (Lipinski definition) is 0. The maximum atomic E-state index is 15.0.